The molecule has 2 N–H and O–H groups in total. The van der Waals surface area contributed by atoms with Crippen molar-refractivity contribution in [3.05, 3.63) is 29.3 Å². The molecule has 0 radical (unpaired) electrons. The lowest BCUT2D eigenvalue weighted by molar-refractivity contribution is -0.139. The maximum atomic E-state index is 13.0. The third-order valence-electron chi connectivity index (χ3n) is 2.70. The molecule has 0 aliphatic carbocycles. The van der Waals surface area contributed by atoms with E-state index in [1.165, 1.54) is 6.07 Å². The van der Waals surface area contributed by atoms with E-state index in [1.807, 2.05) is 19.0 Å². The van der Waals surface area contributed by atoms with Gasteiger partial charge in [-0.1, -0.05) is 6.07 Å². The Kier molecular flexibility index (Phi) is 5.83. The molecule has 1 atom stereocenters. The van der Waals surface area contributed by atoms with Crippen molar-refractivity contribution in [1.82, 2.24) is 4.90 Å². The first-order chi connectivity index (χ1) is 9.20. The van der Waals surface area contributed by atoms with Crippen LogP contribution in [0.1, 0.15) is 18.1 Å². The third-order valence-corrected chi connectivity index (χ3v) is 2.70. The molecule has 0 aliphatic heterocycles. The van der Waals surface area contributed by atoms with Crippen molar-refractivity contribution >= 4 is 0 Å². The summed E-state index contributed by atoms with van der Waals surface area (Å²) in [5.41, 5.74) is 5.44. The predicted molar refractivity (Wildman–Crippen MR) is 72.8 cm³/mol. The average molecular weight is 290 g/mol. The second kappa shape index (κ2) is 6.95. The van der Waals surface area contributed by atoms with Crippen LogP contribution in [0.4, 0.5) is 13.2 Å². The van der Waals surface area contributed by atoms with Crippen LogP contribution < -0.4 is 10.5 Å². The molecular weight excluding hydrogens is 269 g/mol. The first-order valence-corrected chi connectivity index (χ1v) is 6.43. The molecule has 6 heteroatoms. The summed E-state index contributed by atoms with van der Waals surface area (Å²) in [6.45, 7) is 2.52. The van der Waals surface area contributed by atoms with Gasteiger partial charge in [0.15, 0.2) is 0 Å². The van der Waals surface area contributed by atoms with Crippen LogP contribution in [-0.4, -0.2) is 38.2 Å². The summed E-state index contributed by atoms with van der Waals surface area (Å²) in [7, 11) is 3.67. The maximum Gasteiger partial charge on any atom is 0.419 e. The summed E-state index contributed by atoms with van der Waals surface area (Å²) in [6.07, 6.45) is -4.03. The fourth-order valence-corrected chi connectivity index (χ4v) is 1.76. The number of ether oxygens (including phenoxy) is 1. The van der Waals surface area contributed by atoms with E-state index in [0.29, 0.717) is 18.5 Å². The van der Waals surface area contributed by atoms with Crippen LogP contribution in [0.5, 0.6) is 5.75 Å². The summed E-state index contributed by atoms with van der Waals surface area (Å²) in [5, 5.41) is 0. The fourth-order valence-electron chi connectivity index (χ4n) is 1.76. The van der Waals surface area contributed by atoms with Gasteiger partial charge in [0.1, 0.15) is 12.4 Å². The zero-order valence-electron chi connectivity index (χ0n) is 12.0. The van der Waals surface area contributed by atoms with Gasteiger partial charge in [0.05, 0.1) is 5.56 Å². The Morgan fingerprint density at radius 1 is 1.30 bits per heavy atom. The molecule has 0 saturated heterocycles. The van der Waals surface area contributed by atoms with E-state index in [1.54, 1.807) is 13.0 Å². The minimum atomic E-state index is -4.43. The second-order valence-corrected chi connectivity index (χ2v) is 5.16. The number of rotatable bonds is 6. The van der Waals surface area contributed by atoms with E-state index in [4.69, 9.17) is 10.5 Å². The molecule has 0 amide bonds. The van der Waals surface area contributed by atoms with Gasteiger partial charge in [-0.15, -0.1) is 0 Å². The number of nitrogens with two attached hydrogens (primary N) is 1. The van der Waals surface area contributed by atoms with Crippen molar-refractivity contribution in [1.29, 1.82) is 0 Å². The molecule has 0 aliphatic rings. The van der Waals surface area contributed by atoms with Crippen molar-refractivity contribution < 1.29 is 17.9 Å². The van der Waals surface area contributed by atoms with Gasteiger partial charge >= 0.3 is 6.18 Å². The number of benzene rings is 1. The van der Waals surface area contributed by atoms with Crippen LogP contribution in [0, 0.1) is 0 Å². The molecule has 0 spiro atoms. The Labute approximate surface area is 117 Å². The molecule has 114 valence electrons. The molecule has 0 fully saturated rings. The normalized spacial score (nSPS) is 13.6. The minimum absolute atomic E-state index is 0.132. The summed E-state index contributed by atoms with van der Waals surface area (Å²) in [4.78, 5) is 1.84. The monoisotopic (exact) mass is 290 g/mol. The standard InChI is InChI=1S/C14H21F3N2O/c1-10(18)8-11-4-5-13(20-7-6-19(2)3)12(9-11)14(15,16)17/h4-5,9-10H,6-8,18H2,1-3H3. The molecule has 1 rings (SSSR count). The topological polar surface area (TPSA) is 38.5 Å². The van der Waals surface area contributed by atoms with Crippen molar-refractivity contribution in [3.8, 4) is 5.75 Å². The quantitative estimate of drug-likeness (QED) is 0.875. The van der Waals surface area contributed by atoms with Crippen LogP contribution >= 0.6 is 0 Å². The van der Waals surface area contributed by atoms with Crippen molar-refractivity contribution in [2.45, 2.75) is 25.6 Å². The maximum absolute atomic E-state index is 13.0. The number of likely N-dealkylation sites (N-methyl/N-ethyl adjacent to an activating group) is 1. The molecule has 0 bridgehead atoms. The Bertz CT molecular complexity index is 431. The van der Waals surface area contributed by atoms with Gasteiger partial charge in [0, 0.05) is 12.6 Å². The summed E-state index contributed by atoms with van der Waals surface area (Å²) < 4.78 is 44.3. The van der Waals surface area contributed by atoms with Crippen LogP contribution in [0.15, 0.2) is 18.2 Å². The number of hydrogen-bond donors (Lipinski definition) is 1. The number of nitrogens with zero attached hydrogens (tertiary/aromatic N) is 1. The van der Waals surface area contributed by atoms with E-state index in [0.717, 1.165) is 6.07 Å². The van der Waals surface area contributed by atoms with E-state index < -0.39 is 11.7 Å². The first-order valence-electron chi connectivity index (χ1n) is 6.43. The highest BCUT2D eigenvalue weighted by Crippen LogP contribution is 2.37. The summed E-state index contributed by atoms with van der Waals surface area (Å²) in [6, 6.07) is 3.94. The van der Waals surface area contributed by atoms with E-state index in [9.17, 15) is 13.2 Å². The Hall–Kier alpha value is -1.27. The van der Waals surface area contributed by atoms with Crippen LogP contribution in [0.25, 0.3) is 0 Å². The van der Waals surface area contributed by atoms with Crippen LogP contribution in [0.3, 0.4) is 0 Å². The third kappa shape index (κ3) is 5.38. The molecule has 1 aromatic carbocycles. The molecule has 3 nitrogen and oxygen atoms in total. The Morgan fingerprint density at radius 2 is 1.95 bits per heavy atom. The second-order valence-electron chi connectivity index (χ2n) is 5.16. The smallest absolute Gasteiger partial charge is 0.419 e. The lowest BCUT2D eigenvalue weighted by atomic mass is 10.0. The highest BCUT2D eigenvalue weighted by molar-refractivity contribution is 5.39. The molecule has 1 aromatic rings. The number of alkyl halides is 3. The Morgan fingerprint density at radius 3 is 2.45 bits per heavy atom. The number of halogens is 3. The van der Waals surface area contributed by atoms with Crippen molar-refractivity contribution in [2.24, 2.45) is 5.73 Å². The SMILES string of the molecule is CC(N)Cc1ccc(OCCN(C)C)c(C(F)(F)F)c1. The van der Waals surface area contributed by atoms with Gasteiger partial charge in [0.2, 0.25) is 0 Å². The van der Waals surface area contributed by atoms with Gasteiger partial charge in [-0.25, -0.2) is 0 Å². The van der Waals surface area contributed by atoms with E-state index in [2.05, 4.69) is 0 Å². The van der Waals surface area contributed by atoms with Gasteiger partial charge in [-0.05, 0) is 45.1 Å². The molecule has 0 saturated carbocycles. The highest BCUT2D eigenvalue weighted by atomic mass is 19.4. The predicted octanol–water partition coefficient (Wildman–Crippen LogP) is 2.54. The molecular formula is C14H21F3N2O. The lowest BCUT2D eigenvalue weighted by Crippen LogP contribution is -2.21. The average Bonchev–Trinajstić information content (AvgIpc) is 2.28. The van der Waals surface area contributed by atoms with Gasteiger partial charge < -0.3 is 15.4 Å². The minimum Gasteiger partial charge on any atom is -0.492 e. The highest BCUT2D eigenvalue weighted by Gasteiger charge is 2.34. The van der Waals surface area contributed by atoms with Crippen molar-refractivity contribution in [3.63, 3.8) is 0 Å². The van der Waals surface area contributed by atoms with Gasteiger partial charge in [-0.2, -0.15) is 13.2 Å². The zero-order chi connectivity index (χ0) is 15.3. The summed E-state index contributed by atoms with van der Waals surface area (Å²) >= 11 is 0. The van der Waals surface area contributed by atoms with Gasteiger partial charge in [-0.3, -0.25) is 0 Å². The van der Waals surface area contributed by atoms with Crippen LogP contribution in [-0.2, 0) is 12.6 Å². The van der Waals surface area contributed by atoms with Gasteiger partial charge in [0.25, 0.3) is 0 Å². The van der Waals surface area contributed by atoms with Crippen LogP contribution in [0.2, 0.25) is 0 Å². The zero-order valence-corrected chi connectivity index (χ0v) is 12.0. The fraction of sp³-hybridized carbons (Fsp3) is 0.571. The molecule has 0 heterocycles. The largest absolute Gasteiger partial charge is 0.492 e. The first kappa shape index (κ1) is 16.8. The molecule has 20 heavy (non-hydrogen) atoms. The van der Waals surface area contributed by atoms with E-state index in [-0.39, 0.29) is 18.4 Å². The summed E-state index contributed by atoms with van der Waals surface area (Å²) in [5.74, 6) is -0.132. The lowest BCUT2D eigenvalue weighted by Gasteiger charge is -2.17. The van der Waals surface area contributed by atoms with Crippen molar-refractivity contribution in [2.75, 3.05) is 27.2 Å². The molecule has 0 aromatic heterocycles. The van der Waals surface area contributed by atoms with E-state index >= 15 is 0 Å². The molecule has 1 unspecified atom stereocenters. The Balaban J connectivity index is 2.93. The number of hydrogen-bond acceptors (Lipinski definition) is 3.